The predicted octanol–water partition coefficient (Wildman–Crippen LogP) is 5.25. The lowest BCUT2D eigenvalue weighted by Gasteiger charge is -2.12. The van der Waals surface area contributed by atoms with Gasteiger partial charge < -0.3 is 10.1 Å². The van der Waals surface area contributed by atoms with Gasteiger partial charge in [0.25, 0.3) is 0 Å². The van der Waals surface area contributed by atoms with Gasteiger partial charge in [0.15, 0.2) is 11.0 Å². The molecule has 0 saturated carbocycles. The Morgan fingerprint density at radius 3 is 2.45 bits per heavy atom. The largest absolute Gasteiger partial charge is 0.486 e. The standard InChI is InChI=1S/C26H26N4O2S/c1-19-13-14-20(2)23(15-19)27-25(31)18-33-26-29-28-24(17-32-22-11-7-4-8-12-22)30(26)16-21-9-5-3-6-10-21/h3-15H,16-18H2,1-2H3,(H,27,31). The van der Waals surface area contributed by atoms with Crippen molar-refractivity contribution in [1.29, 1.82) is 0 Å². The number of hydrogen-bond donors (Lipinski definition) is 1. The molecule has 4 rings (SSSR count). The fourth-order valence-electron chi connectivity index (χ4n) is 3.31. The predicted molar refractivity (Wildman–Crippen MR) is 132 cm³/mol. The van der Waals surface area contributed by atoms with Crippen molar-refractivity contribution in [3.8, 4) is 5.75 Å². The van der Waals surface area contributed by atoms with Gasteiger partial charge in [0.05, 0.1) is 12.3 Å². The van der Waals surface area contributed by atoms with Crippen LogP contribution in [-0.2, 0) is 17.9 Å². The molecule has 0 aliphatic heterocycles. The summed E-state index contributed by atoms with van der Waals surface area (Å²) < 4.78 is 7.91. The molecular weight excluding hydrogens is 432 g/mol. The summed E-state index contributed by atoms with van der Waals surface area (Å²) in [5.41, 5.74) is 4.10. The van der Waals surface area contributed by atoms with Crippen LogP contribution in [0.2, 0.25) is 0 Å². The number of carbonyl (C=O) groups excluding carboxylic acids is 1. The molecule has 1 heterocycles. The van der Waals surface area contributed by atoms with Gasteiger partial charge in [-0.05, 0) is 48.7 Å². The lowest BCUT2D eigenvalue weighted by Crippen LogP contribution is -2.16. The van der Waals surface area contributed by atoms with E-state index in [0.717, 1.165) is 28.1 Å². The lowest BCUT2D eigenvalue weighted by molar-refractivity contribution is -0.113. The van der Waals surface area contributed by atoms with Crippen LogP contribution in [0.3, 0.4) is 0 Å². The maximum absolute atomic E-state index is 12.6. The third-order valence-corrected chi connectivity index (χ3v) is 6.05. The maximum atomic E-state index is 12.6. The Hall–Kier alpha value is -3.58. The highest BCUT2D eigenvalue weighted by molar-refractivity contribution is 7.99. The second kappa shape index (κ2) is 10.8. The molecule has 6 nitrogen and oxygen atoms in total. The van der Waals surface area contributed by atoms with Crippen molar-refractivity contribution in [2.45, 2.75) is 32.2 Å². The number of carbonyl (C=O) groups is 1. The van der Waals surface area contributed by atoms with Crippen molar-refractivity contribution < 1.29 is 9.53 Å². The van der Waals surface area contributed by atoms with Crippen LogP contribution in [0.5, 0.6) is 5.75 Å². The quantitative estimate of drug-likeness (QED) is 0.347. The average molecular weight is 459 g/mol. The van der Waals surface area contributed by atoms with Gasteiger partial charge in [-0.3, -0.25) is 9.36 Å². The lowest BCUT2D eigenvalue weighted by atomic mass is 10.1. The Morgan fingerprint density at radius 1 is 0.970 bits per heavy atom. The molecule has 0 spiro atoms. The van der Waals surface area contributed by atoms with Crippen LogP contribution in [0.25, 0.3) is 0 Å². The minimum Gasteiger partial charge on any atom is -0.486 e. The number of benzene rings is 3. The topological polar surface area (TPSA) is 69.0 Å². The molecule has 1 amide bonds. The number of nitrogens with one attached hydrogen (secondary N) is 1. The molecule has 33 heavy (non-hydrogen) atoms. The number of amides is 1. The van der Waals surface area contributed by atoms with Gasteiger partial charge in [-0.25, -0.2) is 0 Å². The number of para-hydroxylation sites is 1. The van der Waals surface area contributed by atoms with Crippen molar-refractivity contribution in [2.24, 2.45) is 0 Å². The molecule has 1 aromatic heterocycles. The Kier molecular flexibility index (Phi) is 7.42. The van der Waals surface area contributed by atoms with Gasteiger partial charge in [-0.1, -0.05) is 72.4 Å². The molecule has 1 N–H and O–H groups in total. The summed E-state index contributed by atoms with van der Waals surface area (Å²) in [5, 5.41) is 12.4. The van der Waals surface area contributed by atoms with Crippen LogP contribution >= 0.6 is 11.8 Å². The van der Waals surface area contributed by atoms with Gasteiger partial charge in [-0.2, -0.15) is 0 Å². The summed E-state index contributed by atoms with van der Waals surface area (Å²) in [6, 6.07) is 25.8. The molecule has 168 valence electrons. The Labute approximate surface area is 198 Å². The number of hydrogen-bond acceptors (Lipinski definition) is 5. The fraction of sp³-hybridized carbons (Fsp3) is 0.192. The summed E-state index contributed by atoms with van der Waals surface area (Å²) in [6.07, 6.45) is 0. The molecule has 0 aliphatic rings. The third-order valence-electron chi connectivity index (χ3n) is 5.09. The summed E-state index contributed by atoms with van der Waals surface area (Å²) in [7, 11) is 0. The van der Waals surface area contributed by atoms with Crippen molar-refractivity contribution in [1.82, 2.24) is 14.8 Å². The van der Waals surface area contributed by atoms with Crippen molar-refractivity contribution in [3.63, 3.8) is 0 Å². The molecule has 0 saturated heterocycles. The smallest absolute Gasteiger partial charge is 0.234 e. The van der Waals surface area contributed by atoms with Gasteiger partial charge in [0.1, 0.15) is 12.4 Å². The second-order valence-corrected chi connectivity index (χ2v) is 8.67. The van der Waals surface area contributed by atoms with E-state index < -0.39 is 0 Å². The normalized spacial score (nSPS) is 10.7. The minimum atomic E-state index is -0.0787. The molecule has 4 aromatic rings. The summed E-state index contributed by atoms with van der Waals surface area (Å²) in [6.45, 7) is 4.88. The van der Waals surface area contributed by atoms with E-state index in [1.54, 1.807) is 0 Å². The minimum absolute atomic E-state index is 0.0787. The van der Waals surface area contributed by atoms with E-state index in [4.69, 9.17) is 4.74 Å². The highest BCUT2D eigenvalue weighted by Gasteiger charge is 2.16. The van der Waals surface area contributed by atoms with Gasteiger partial charge in [-0.15, -0.1) is 10.2 Å². The van der Waals surface area contributed by atoms with Crippen LogP contribution < -0.4 is 10.1 Å². The number of thioether (sulfide) groups is 1. The van der Waals surface area contributed by atoms with E-state index in [9.17, 15) is 4.79 Å². The molecule has 0 atom stereocenters. The number of aryl methyl sites for hydroxylation is 2. The fourth-order valence-corrected chi connectivity index (χ4v) is 4.07. The number of rotatable bonds is 9. The van der Waals surface area contributed by atoms with E-state index in [2.05, 4.69) is 27.6 Å². The SMILES string of the molecule is Cc1ccc(C)c(NC(=O)CSc2nnc(COc3ccccc3)n2Cc2ccccc2)c1. The summed E-state index contributed by atoms with van der Waals surface area (Å²) in [4.78, 5) is 12.6. The van der Waals surface area contributed by atoms with E-state index in [0.29, 0.717) is 24.1 Å². The number of aromatic nitrogens is 3. The second-order valence-electron chi connectivity index (χ2n) is 7.73. The molecule has 0 radical (unpaired) electrons. The molecule has 7 heteroatoms. The van der Waals surface area contributed by atoms with Crippen LogP contribution in [0.15, 0.2) is 84.0 Å². The maximum Gasteiger partial charge on any atom is 0.234 e. The van der Waals surface area contributed by atoms with E-state index in [-0.39, 0.29) is 11.7 Å². The van der Waals surface area contributed by atoms with Crippen molar-refractivity contribution >= 4 is 23.4 Å². The van der Waals surface area contributed by atoms with Crippen molar-refractivity contribution in [2.75, 3.05) is 11.1 Å². The van der Waals surface area contributed by atoms with Gasteiger partial charge in [0, 0.05) is 5.69 Å². The molecule has 0 bridgehead atoms. The summed E-state index contributed by atoms with van der Waals surface area (Å²) in [5.74, 6) is 1.64. The van der Waals surface area contributed by atoms with Crippen LogP contribution in [0.4, 0.5) is 5.69 Å². The molecule has 0 unspecified atom stereocenters. The number of nitrogens with zero attached hydrogens (tertiary/aromatic N) is 3. The number of ether oxygens (including phenoxy) is 1. The molecular formula is C26H26N4O2S. The zero-order valence-electron chi connectivity index (χ0n) is 18.7. The molecule has 0 fully saturated rings. The first-order chi connectivity index (χ1) is 16.1. The first-order valence-electron chi connectivity index (χ1n) is 10.7. The monoisotopic (exact) mass is 458 g/mol. The van der Waals surface area contributed by atoms with Crippen LogP contribution in [-0.4, -0.2) is 26.4 Å². The Morgan fingerprint density at radius 2 is 1.70 bits per heavy atom. The number of anilines is 1. The van der Waals surface area contributed by atoms with Gasteiger partial charge >= 0.3 is 0 Å². The zero-order valence-corrected chi connectivity index (χ0v) is 19.5. The molecule has 3 aromatic carbocycles. The first-order valence-corrected chi connectivity index (χ1v) is 11.7. The highest BCUT2D eigenvalue weighted by atomic mass is 32.2. The Balaban J connectivity index is 1.47. The zero-order chi connectivity index (χ0) is 23.0. The highest BCUT2D eigenvalue weighted by Crippen LogP contribution is 2.22. The van der Waals surface area contributed by atoms with E-state index >= 15 is 0 Å². The van der Waals surface area contributed by atoms with E-state index in [1.165, 1.54) is 11.8 Å². The molecule has 0 aliphatic carbocycles. The van der Waals surface area contributed by atoms with Crippen LogP contribution in [0.1, 0.15) is 22.5 Å². The van der Waals surface area contributed by atoms with Crippen LogP contribution in [0, 0.1) is 13.8 Å². The van der Waals surface area contributed by atoms with Gasteiger partial charge in [0.2, 0.25) is 5.91 Å². The average Bonchev–Trinajstić information content (AvgIpc) is 3.21. The van der Waals surface area contributed by atoms with E-state index in [1.807, 2.05) is 85.1 Å². The summed E-state index contributed by atoms with van der Waals surface area (Å²) >= 11 is 1.37. The first kappa shape index (κ1) is 22.6. The Bertz CT molecular complexity index is 1210. The third kappa shape index (κ3) is 6.23. The van der Waals surface area contributed by atoms with Crippen molar-refractivity contribution in [3.05, 3.63) is 101 Å².